The second-order valence-corrected chi connectivity index (χ2v) is 3.68. The zero-order chi connectivity index (χ0) is 10.4. The van der Waals surface area contributed by atoms with E-state index >= 15 is 0 Å². The summed E-state index contributed by atoms with van der Waals surface area (Å²) in [6.07, 6.45) is 0. The summed E-state index contributed by atoms with van der Waals surface area (Å²) in [6, 6.07) is -0.175. The maximum Gasteiger partial charge on any atom is 0.239 e. The molecular weight excluding hydrogens is 182 g/mol. The van der Waals surface area contributed by atoms with Gasteiger partial charge in [-0.25, -0.2) is 0 Å². The lowest BCUT2D eigenvalue weighted by Gasteiger charge is -2.23. The molecule has 14 heavy (non-hydrogen) atoms. The molecule has 1 heterocycles. The minimum atomic E-state index is -0.175. The molecule has 5 nitrogen and oxygen atoms in total. The molecule has 0 saturated carbocycles. The average Bonchev–Trinajstić information content (AvgIpc) is 2.18. The summed E-state index contributed by atoms with van der Waals surface area (Å²) in [5, 5.41) is 5.97. The highest BCUT2D eigenvalue weighted by atomic mass is 16.5. The number of amides is 1. The minimum absolute atomic E-state index is 0.0338. The van der Waals surface area contributed by atoms with Crippen LogP contribution in [-0.2, 0) is 9.53 Å². The van der Waals surface area contributed by atoms with E-state index < -0.39 is 0 Å². The topological polar surface area (TPSA) is 53.6 Å². The smallest absolute Gasteiger partial charge is 0.239 e. The first-order valence-electron chi connectivity index (χ1n) is 4.93. The van der Waals surface area contributed by atoms with Crippen molar-refractivity contribution in [3.05, 3.63) is 0 Å². The quantitative estimate of drug-likeness (QED) is 0.591. The van der Waals surface area contributed by atoms with Crippen molar-refractivity contribution in [1.82, 2.24) is 15.5 Å². The number of morpholine rings is 1. The lowest BCUT2D eigenvalue weighted by atomic mass is 10.2. The zero-order valence-electron chi connectivity index (χ0n) is 8.88. The summed E-state index contributed by atoms with van der Waals surface area (Å²) in [6.45, 7) is 3.48. The monoisotopic (exact) mass is 201 g/mol. The van der Waals surface area contributed by atoms with E-state index in [0.717, 1.165) is 13.1 Å². The fourth-order valence-electron chi connectivity index (χ4n) is 1.26. The molecule has 0 aromatic heterocycles. The van der Waals surface area contributed by atoms with E-state index in [1.165, 1.54) is 0 Å². The van der Waals surface area contributed by atoms with Gasteiger partial charge in [-0.3, -0.25) is 4.79 Å². The number of likely N-dealkylation sites (N-methyl/N-ethyl adjacent to an activating group) is 1. The molecule has 1 rings (SSSR count). The first-order valence-corrected chi connectivity index (χ1v) is 4.93. The van der Waals surface area contributed by atoms with E-state index in [2.05, 4.69) is 10.6 Å². The van der Waals surface area contributed by atoms with Gasteiger partial charge in [0.2, 0.25) is 5.91 Å². The predicted molar refractivity (Wildman–Crippen MR) is 54.2 cm³/mol. The number of nitrogens with one attached hydrogen (secondary N) is 2. The van der Waals surface area contributed by atoms with Crippen LogP contribution in [0.5, 0.6) is 0 Å². The maximum absolute atomic E-state index is 11.5. The van der Waals surface area contributed by atoms with Gasteiger partial charge in [-0.15, -0.1) is 0 Å². The second-order valence-electron chi connectivity index (χ2n) is 3.68. The van der Waals surface area contributed by atoms with Crippen molar-refractivity contribution in [1.29, 1.82) is 0 Å². The van der Waals surface area contributed by atoms with Gasteiger partial charge in [0.05, 0.1) is 13.2 Å². The van der Waals surface area contributed by atoms with Gasteiger partial charge in [-0.2, -0.15) is 0 Å². The lowest BCUT2D eigenvalue weighted by Crippen LogP contribution is -2.52. The molecule has 82 valence electrons. The normalized spacial score (nSPS) is 22.4. The van der Waals surface area contributed by atoms with Gasteiger partial charge in [-0.05, 0) is 14.1 Å². The molecular formula is C9H19N3O2. The third kappa shape index (κ3) is 4.04. The standard InChI is InChI=1S/C9H19N3O2/c1-12(2)5-3-11-9(13)8-7-14-6-4-10-8/h8,10H,3-7H2,1-2H3,(H,11,13). The lowest BCUT2D eigenvalue weighted by molar-refractivity contribution is -0.125. The van der Waals surface area contributed by atoms with Crippen LogP contribution in [0.2, 0.25) is 0 Å². The summed E-state index contributed by atoms with van der Waals surface area (Å²) < 4.78 is 5.20. The number of hydrogen-bond acceptors (Lipinski definition) is 4. The Morgan fingerprint density at radius 1 is 1.64 bits per heavy atom. The molecule has 0 radical (unpaired) electrons. The summed E-state index contributed by atoms with van der Waals surface area (Å²) in [7, 11) is 3.96. The van der Waals surface area contributed by atoms with E-state index in [0.29, 0.717) is 19.8 Å². The molecule has 1 aliphatic heterocycles. The highest BCUT2D eigenvalue weighted by molar-refractivity contribution is 5.81. The third-order valence-electron chi connectivity index (χ3n) is 2.10. The fourth-order valence-corrected chi connectivity index (χ4v) is 1.26. The third-order valence-corrected chi connectivity index (χ3v) is 2.10. The first kappa shape index (κ1) is 11.4. The summed E-state index contributed by atoms with van der Waals surface area (Å²) in [4.78, 5) is 13.5. The van der Waals surface area contributed by atoms with Crippen molar-refractivity contribution in [2.75, 3.05) is 46.9 Å². The molecule has 0 aromatic carbocycles. The van der Waals surface area contributed by atoms with Crippen LogP contribution in [0, 0.1) is 0 Å². The molecule has 1 fully saturated rings. The van der Waals surface area contributed by atoms with Crippen LogP contribution < -0.4 is 10.6 Å². The highest BCUT2D eigenvalue weighted by Gasteiger charge is 2.20. The molecule has 2 N–H and O–H groups in total. The summed E-state index contributed by atoms with van der Waals surface area (Å²) in [5.74, 6) is 0.0338. The summed E-state index contributed by atoms with van der Waals surface area (Å²) in [5.41, 5.74) is 0. The van der Waals surface area contributed by atoms with Crippen LogP contribution in [-0.4, -0.2) is 63.8 Å². The van der Waals surface area contributed by atoms with Crippen molar-refractivity contribution < 1.29 is 9.53 Å². The average molecular weight is 201 g/mol. The Labute approximate surface area is 84.8 Å². The van der Waals surface area contributed by atoms with Gasteiger partial charge < -0.3 is 20.3 Å². The summed E-state index contributed by atoms with van der Waals surface area (Å²) >= 11 is 0. The Hall–Kier alpha value is -0.650. The van der Waals surface area contributed by atoms with E-state index in [1.807, 2.05) is 19.0 Å². The molecule has 0 aromatic rings. The highest BCUT2D eigenvalue weighted by Crippen LogP contribution is 1.92. The molecule has 0 spiro atoms. The largest absolute Gasteiger partial charge is 0.378 e. The number of carbonyl (C=O) groups is 1. The Balaban J connectivity index is 2.13. The minimum Gasteiger partial charge on any atom is -0.378 e. The van der Waals surface area contributed by atoms with Crippen molar-refractivity contribution in [2.24, 2.45) is 0 Å². The molecule has 1 aliphatic rings. The number of rotatable bonds is 4. The molecule has 0 bridgehead atoms. The van der Waals surface area contributed by atoms with Gasteiger partial charge in [0.25, 0.3) is 0 Å². The van der Waals surface area contributed by atoms with Gasteiger partial charge in [0.1, 0.15) is 6.04 Å². The van der Waals surface area contributed by atoms with Crippen molar-refractivity contribution in [3.63, 3.8) is 0 Å². The van der Waals surface area contributed by atoms with Crippen LogP contribution in [0.25, 0.3) is 0 Å². The Morgan fingerprint density at radius 3 is 3.00 bits per heavy atom. The Bertz CT molecular complexity index is 179. The maximum atomic E-state index is 11.5. The van der Waals surface area contributed by atoms with Gasteiger partial charge in [0.15, 0.2) is 0 Å². The molecule has 1 saturated heterocycles. The van der Waals surface area contributed by atoms with Gasteiger partial charge in [-0.1, -0.05) is 0 Å². The fraction of sp³-hybridized carbons (Fsp3) is 0.889. The molecule has 1 unspecified atom stereocenters. The van der Waals surface area contributed by atoms with Crippen LogP contribution in [0.15, 0.2) is 0 Å². The SMILES string of the molecule is CN(C)CCNC(=O)C1COCCN1. The molecule has 5 heteroatoms. The van der Waals surface area contributed by atoms with E-state index in [4.69, 9.17) is 4.74 Å². The second kappa shape index (κ2) is 5.95. The Morgan fingerprint density at radius 2 is 2.43 bits per heavy atom. The van der Waals surface area contributed by atoms with Crippen LogP contribution in [0.4, 0.5) is 0 Å². The Kier molecular flexibility index (Phi) is 4.86. The van der Waals surface area contributed by atoms with Crippen molar-refractivity contribution in [3.8, 4) is 0 Å². The molecule has 1 amide bonds. The van der Waals surface area contributed by atoms with Crippen LogP contribution >= 0.6 is 0 Å². The number of carbonyl (C=O) groups excluding carboxylic acids is 1. The van der Waals surface area contributed by atoms with Crippen molar-refractivity contribution >= 4 is 5.91 Å². The van der Waals surface area contributed by atoms with Crippen molar-refractivity contribution in [2.45, 2.75) is 6.04 Å². The predicted octanol–water partition coefficient (Wildman–Crippen LogP) is -1.35. The first-order chi connectivity index (χ1) is 6.70. The molecule has 1 atom stereocenters. The van der Waals surface area contributed by atoms with Gasteiger partial charge >= 0.3 is 0 Å². The number of hydrogen-bond donors (Lipinski definition) is 2. The molecule has 0 aliphatic carbocycles. The van der Waals surface area contributed by atoms with Gasteiger partial charge in [0, 0.05) is 19.6 Å². The van der Waals surface area contributed by atoms with E-state index in [1.54, 1.807) is 0 Å². The van der Waals surface area contributed by atoms with Crippen LogP contribution in [0.3, 0.4) is 0 Å². The van der Waals surface area contributed by atoms with Crippen LogP contribution in [0.1, 0.15) is 0 Å². The zero-order valence-corrected chi connectivity index (χ0v) is 8.88. The number of nitrogens with zero attached hydrogens (tertiary/aromatic N) is 1. The van der Waals surface area contributed by atoms with E-state index in [9.17, 15) is 4.79 Å². The number of ether oxygens (including phenoxy) is 1. The van der Waals surface area contributed by atoms with E-state index in [-0.39, 0.29) is 11.9 Å².